The maximum atomic E-state index is 13.2. The van der Waals surface area contributed by atoms with E-state index in [2.05, 4.69) is 0 Å². The van der Waals surface area contributed by atoms with Crippen molar-refractivity contribution in [1.29, 1.82) is 0 Å². The van der Waals surface area contributed by atoms with E-state index in [0.29, 0.717) is 12.7 Å². The molecule has 0 fully saturated rings. The normalized spacial score (nSPS) is 21.4. The van der Waals surface area contributed by atoms with Gasteiger partial charge in [0, 0.05) is 11.5 Å². The zero-order chi connectivity index (χ0) is 10.8. The molecule has 1 unspecified atom stereocenters. The maximum Gasteiger partial charge on any atom is 0.161 e. The summed E-state index contributed by atoms with van der Waals surface area (Å²) in [4.78, 5) is 10.6. The van der Waals surface area contributed by atoms with E-state index in [-0.39, 0.29) is 11.5 Å². The van der Waals surface area contributed by atoms with E-state index >= 15 is 0 Å². The molecule has 0 saturated heterocycles. The quantitative estimate of drug-likeness (QED) is 0.760. The number of aliphatic hydroxyl groups is 1. The van der Waals surface area contributed by atoms with Crippen LogP contribution in [0, 0.1) is 0 Å². The average Bonchev–Trinajstić information content (AvgIpc) is 2.75. The Kier molecular flexibility index (Phi) is 2.41. The molecule has 15 heavy (non-hydrogen) atoms. The summed E-state index contributed by atoms with van der Waals surface area (Å²) in [6.45, 7) is 0. The second-order valence-corrected chi connectivity index (χ2v) is 3.37. The highest BCUT2D eigenvalue weighted by Crippen LogP contribution is 2.33. The first-order chi connectivity index (χ1) is 7.22. The van der Waals surface area contributed by atoms with Gasteiger partial charge < -0.3 is 9.52 Å². The zero-order valence-electron chi connectivity index (χ0n) is 7.81. The van der Waals surface area contributed by atoms with Crippen LogP contribution in [0.5, 0.6) is 0 Å². The molecule has 1 aliphatic rings. The van der Waals surface area contributed by atoms with Crippen molar-refractivity contribution in [3.63, 3.8) is 0 Å². The molecule has 0 aliphatic heterocycles. The van der Waals surface area contributed by atoms with E-state index in [9.17, 15) is 14.3 Å². The fourth-order valence-electron chi connectivity index (χ4n) is 1.61. The molecule has 0 amide bonds. The second kappa shape index (κ2) is 3.73. The summed E-state index contributed by atoms with van der Waals surface area (Å²) in [6.07, 6.45) is 5.05. The number of hydrogen-bond acceptors (Lipinski definition) is 3. The van der Waals surface area contributed by atoms with E-state index in [1.54, 1.807) is 6.07 Å². The number of rotatable bonds is 2. The van der Waals surface area contributed by atoms with Crippen molar-refractivity contribution in [3.8, 4) is 0 Å². The molecule has 1 aromatic rings. The first-order valence-electron chi connectivity index (χ1n) is 4.49. The van der Waals surface area contributed by atoms with E-state index in [1.165, 1.54) is 18.6 Å². The van der Waals surface area contributed by atoms with Gasteiger partial charge in [0.2, 0.25) is 0 Å². The third-order valence-electron chi connectivity index (χ3n) is 2.43. The molecule has 2 rings (SSSR count). The van der Waals surface area contributed by atoms with Crippen molar-refractivity contribution in [2.24, 2.45) is 0 Å². The van der Waals surface area contributed by atoms with Crippen LogP contribution < -0.4 is 0 Å². The number of carbonyl (C=O) groups excluding carboxylic acids is 1. The highest BCUT2D eigenvalue weighted by atomic mass is 19.1. The highest BCUT2D eigenvalue weighted by Gasteiger charge is 2.23. The van der Waals surface area contributed by atoms with Gasteiger partial charge in [-0.25, -0.2) is 4.39 Å². The average molecular weight is 208 g/mol. The Balaban J connectivity index is 2.33. The Hall–Kier alpha value is -1.84. The Bertz CT molecular complexity index is 429. The number of furan rings is 1. The van der Waals surface area contributed by atoms with Crippen LogP contribution in [0.15, 0.2) is 46.2 Å². The molecule has 0 spiro atoms. The number of halogens is 1. The first-order valence-corrected chi connectivity index (χ1v) is 4.49. The zero-order valence-corrected chi connectivity index (χ0v) is 7.81. The van der Waals surface area contributed by atoms with Crippen LogP contribution >= 0.6 is 0 Å². The first kappa shape index (κ1) is 9.71. The van der Waals surface area contributed by atoms with Crippen molar-refractivity contribution < 1.29 is 18.7 Å². The molecular formula is C11H9FO3. The number of allylic oxidation sites excluding steroid dienone is 3. The molecule has 0 aromatic carbocycles. The lowest BCUT2D eigenvalue weighted by Gasteiger charge is -2.16. The summed E-state index contributed by atoms with van der Waals surface area (Å²) in [5.74, 6) is -1.56. The lowest BCUT2D eigenvalue weighted by Crippen LogP contribution is -2.07. The molecule has 78 valence electrons. The lowest BCUT2D eigenvalue weighted by atomic mass is 9.89. The van der Waals surface area contributed by atoms with Gasteiger partial charge in [0.25, 0.3) is 0 Å². The van der Waals surface area contributed by atoms with E-state index in [1.807, 2.05) is 0 Å². The summed E-state index contributed by atoms with van der Waals surface area (Å²) >= 11 is 0. The van der Waals surface area contributed by atoms with Crippen LogP contribution in [0.25, 0.3) is 0 Å². The van der Waals surface area contributed by atoms with Gasteiger partial charge in [-0.2, -0.15) is 0 Å². The minimum atomic E-state index is -0.755. The summed E-state index contributed by atoms with van der Waals surface area (Å²) in [5, 5.41) is 9.23. The van der Waals surface area contributed by atoms with Crippen LogP contribution in [-0.2, 0) is 4.79 Å². The van der Waals surface area contributed by atoms with Gasteiger partial charge in [-0.05, 0) is 24.1 Å². The highest BCUT2D eigenvalue weighted by molar-refractivity contribution is 5.76. The van der Waals surface area contributed by atoms with Crippen molar-refractivity contribution in [2.75, 3.05) is 0 Å². The standard InChI is InChI=1S/C11H9FO3/c12-10-4-8(7-1-2-15-6-7)3-9(5-13)11(10)14/h1-2,4-6,8,14H,3H2. The van der Waals surface area contributed by atoms with E-state index < -0.39 is 11.6 Å². The second-order valence-electron chi connectivity index (χ2n) is 3.37. The fourth-order valence-corrected chi connectivity index (χ4v) is 1.61. The van der Waals surface area contributed by atoms with Gasteiger partial charge in [-0.1, -0.05) is 0 Å². The van der Waals surface area contributed by atoms with Crippen LogP contribution in [-0.4, -0.2) is 11.4 Å². The molecule has 1 N–H and O–H groups in total. The molecule has 1 atom stereocenters. The van der Waals surface area contributed by atoms with Crippen molar-refractivity contribution in [3.05, 3.63) is 47.4 Å². The lowest BCUT2D eigenvalue weighted by molar-refractivity contribution is -0.105. The predicted octanol–water partition coefficient (Wildman–Crippen LogP) is 2.63. The molecule has 0 saturated carbocycles. The third-order valence-corrected chi connectivity index (χ3v) is 2.43. The predicted molar refractivity (Wildman–Crippen MR) is 51.0 cm³/mol. The van der Waals surface area contributed by atoms with Crippen LogP contribution in [0.4, 0.5) is 4.39 Å². The largest absolute Gasteiger partial charge is 0.505 e. The van der Waals surface area contributed by atoms with Crippen molar-refractivity contribution in [1.82, 2.24) is 0 Å². The maximum absolute atomic E-state index is 13.2. The summed E-state index contributed by atoms with van der Waals surface area (Å²) in [6, 6.07) is 1.71. The molecule has 1 aromatic heterocycles. The molecule has 0 radical (unpaired) electrons. The van der Waals surface area contributed by atoms with Crippen LogP contribution in [0.1, 0.15) is 17.9 Å². The fraction of sp³-hybridized carbons (Fsp3) is 0.182. The minimum absolute atomic E-state index is 0.0844. The Morgan fingerprint density at radius 3 is 3.00 bits per heavy atom. The van der Waals surface area contributed by atoms with E-state index in [0.717, 1.165) is 5.56 Å². The van der Waals surface area contributed by atoms with Gasteiger partial charge in [0.1, 0.15) is 6.29 Å². The van der Waals surface area contributed by atoms with Gasteiger partial charge in [0.15, 0.2) is 11.6 Å². The number of carbonyl (C=O) groups is 1. The van der Waals surface area contributed by atoms with Crippen molar-refractivity contribution >= 4 is 6.29 Å². The van der Waals surface area contributed by atoms with Gasteiger partial charge >= 0.3 is 0 Å². The van der Waals surface area contributed by atoms with Crippen LogP contribution in [0.2, 0.25) is 0 Å². The molecular weight excluding hydrogens is 199 g/mol. The van der Waals surface area contributed by atoms with Crippen molar-refractivity contribution in [2.45, 2.75) is 12.3 Å². The summed E-state index contributed by atoms with van der Waals surface area (Å²) < 4.78 is 18.1. The SMILES string of the molecule is O=CC1=C(O)C(F)=CC(c2ccoc2)C1. The Morgan fingerprint density at radius 1 is 1.60 bits per heavy atom. The Labute approximate surface area is 85.5 Å². The summed E-state index contributed by atoms with van der Waals surface area (Å²) in [5.41, 5.74) is 0.873. The minimum Gasteiger partial charge on any atom is -0.505 e. The third kappa shape index (κ3) is 1.70. The molecule has 1 heterocycles. The smallest absolute Gasteiger partial charge is 0.161 e. The van der Waals surface area contributed by atoms with Gasteiger partial charge in [-0.3, -0.25) is 4.79 Å². The van der Waals surface area contributed by atoms with Crippen LogP contribution in [0.3, 0.4) is 0 Å². The van der Waals surface area contributed by atoms with E-state index in [4.69, 9.17) is 4.42 Å². The number of aldehydes is 1. The molecule has 3 nitrogen and oxygen atoms in total. The molecule has 1 aliphatic carbocycles. The molecule has 4 heteroatoms. The number of hydrogen-bond donors (Lipinski definition) is 1. The monoisotopic (exact) mass is 208 g/mol. The molecule has 0 bridgehead atoms. The topological polar surface area (TPSA) is 50.4 Å². The van der Waals surface area contributed by atoms with Gasteiger partial charge in [0.05, 0.1) is 12.5 Å². The Morgan fingerprint density at radius 2 is 2.40 bits per heavy atom. The van der Waals surface area contributed by atoms with Gasteiger partial charge in [-0.15, -0.1) is 0 Å². The summed E-state index contributed by atoms with van der Waals surface area (Å²) in [7, 11) is 0. The number of aliphatic hydroxyl groups excluding tert-OH is 1.